The van der Waals surface area contributed by atoms with Gasteiger partial charge in [-0.3, -0.25) is 4.79 Å². The quantitative estimate of drug-likeness (QED) is 0.617. The van der Waals surface area contributed by atoms with Gasteiger partial charge in [0.15, 0.2) is 0 Å². The third-order valence-corrected chi connectivity index (χ3v) is 2.37. The maximum atomic E-state index is 10.6. The molecule has 4 heteroatoms. The molecule has 15 heavy (non-hydrogen) atoms. The van der Waals surface area contributed by atoms with E-state index in [-0.39, 0.29) is 6.54 Å². The Morgan fingerprint density at radius 3 is 2.60 bits per heavy atom. The zero-order valence-corrected chi connectivity index (χ0v) is 8.55. The number of benzene rings is 1. The van der Waals surface area contributed by atoms with Gasteiger partial charge in [0.25, 0.3) is 0 Å². The van der Waals surface area contributed by atoms with Crippen LogP contribution in [-0.4, -0.2) is 29.1 Å². The number of aldehydes is 1. The van der Waals surface area contributed by atoms with E-state index in [2.05, 4.69) is 0 Å². The molecule has 0 amide bonds. The van der Waals surface area contributed by atoms with Gasteiger partial charge in [-0.05, 0) is 18.1 Å². The lowest BCUT2D eigenvalue weighted by Crippen LogP contribution is -2.27. The van der Waals surface area contributed by atoms with Crippen LogP contribution in [0.1, 0.15) is 27.6 Å². The normalized spacial score (nSPS) is 14.7. The average molecular weight is 209 g/mol. The minimum Gasteiger partial charge on any atom is -0.389 e. The van der Waals surface area contributed by atoms with Gasteiger partial charge in [0.1, 0.15) is 12.4 Å². The number of rotatable bonds is 4. The second-order valence-corrected chi connectivity index (χ2v) is 3.48. The molecule has 0 aromatic heterocycles. The largest absolute Gasteiger partial charge is 0.389 e. The van der Waals surface area contributed by atoms with E-state index in [1.807, 2.05) is 0 Å². The summed E-state index contributed by atoms with van der Waals surface area (Å²) in [6.45, 7) is 1.77. The van der Waals surface area contributed by atoms with Crippen LogP contribution in [0.5, 0.6) is 0 Å². The van der Waals surface area contributed by atoms with E-state index in [1.165, 1.54) is 0 Å². The van der Waals surface area contributed by atoms with Crippen LogP contribution in [0.2, 0.25) is 0 Å². The summed E-state index contributed by atoms with van der Waals surface area (Å²) in [6.07, 6.45) is -1.23. The molecule has 0 radical (unpaired) electrons. The van der Waals surface area contributed by atoms with E-state index in [9.17, 15) is 15.0 Å². The molecule has 0 aliphatic carbocycles. The van der Waals surface area contributed by atoms with Crippen molar-refractivity contribution in [3.63, 3.8) is 0 Å². The van der Waals surface area contributed by atoms with E-state index >= 15 is 0 Å². The van der Waals surface area contributed by atoms with Gasteiger partial charge in [-0.25, -0.2) is 0 Å². The van der Waals surface area contributed by atoms with Crippen LogP contribution in [0.15, 0.2) is 18.2 Å². The highest BCUT2D eigenvalue weighted by molar-refractivity contribution is 5.77. The van der Waals surface area contributed by atoms with Crippen molar-refractivity contribution in [1.82, 2.24) is 0 Å². The molecule has 2 atom stereocenters. The van der Waals surface area contributed by atoms with Crippen molar-refractivity contribution in [2.75, 3.05) is 6.54 Å². The molecule has 2 unspecified atom stereocenters. The van der Waals surface area contributed by atoms with Crippen LogP contribution < -0.4 is 5.73 Å². The van der Waals surface area contributed by atoms with Crippen molar-refractivity contribution in [3.05, 3.63) is 34.9 Å². The van der Waals surface area contributed by atoms with Crippen LogP contribution in [0.25, 0.3) is 0 Å². The highest BCUT2D eigenvalue weighted by Gasteiger charge is 2.17. The Morgan fingerprint density at radius 1 is 1.47 bits per heavy atom. The van der Waals surface area contributed by atoms with Crippen LogP contribution in [0.4, 0.5) is 0 Å². The molecule has 1 aromatic carbocycles. The van der Waals surface area contributed by atoms with Crippen molar-refractivity contribution in [2.45, 2.75) is 19.1 Å². The third kappa shape index (κ3) is 2.62. The van der Waals surface area contributed by atoms with Gasteiger partial charge in [-0.15, -0.1) is 0 Å². The van der Waals surface area contributed by atoms with Crippen LogP contribution in [0, 0.1) is 6.92 Å². The second kappa shape index (κ2) is 5.02. The molecule has 0 fully saturated rings. The predicted molar refractivity (Wildman–Crippen MR) is 56.6 cm³/mol. The molecular formula is C11H15NO3. The zero-order valence-electron chi connectivity index (χ0n) is 8.55. The molecule has 0 aliphatic heterocycles. The molecular weight excluding hydrogens is 194 g/mol. The molecule has 0 aliphatic rings. The van der Waals surface area contributed by atoms with E-state index in [0.29, 0.717) is 11.1 Å². The minimum absolute atomic E-state index is 0.00432. The van der Waals surface area contributed by atoms with E-state index in [1.54, 1.807) is 25.1 Å². The van der Waals surface area contributed by atoms with Crippen molar-refractivity contribution in [1.29, 1.82) is 0 Å². The number of aliphatic hydroxyl groups excluding tert-OH is 2. The number of carbonyl (C=O) groups is 1. The minimum atomic E-state index is -1.01. The topological polar surface area (TPSA) is 83.6 Å². The SMILES string of the molecule is Cc1cc(C(O)C(O)CN)ccc1C=O. The number of nitrogens with two attached hydrogens (primary N) is 1. The summed E-state index contributed by atoms with van der Waals surface area (Å²) in [5.41, 5.74) is 7.15. The maximum Gasteiger partial charge on any atom is 0.150 e. The fraction of sp³-hybridized carbons (Fsp3) is 0.364. The molecule has 1 rings (SSSR count). The van der Waals surface area contributed by atoms with Gasteiger partial charge in [0, 0.05) is 12.1 Å². The zero-order chi connectivity index (χ0) is 11.4. The number of aryl methyl sites for hydroxylation is 1. The van der Waals surface area contributed by atoms with E-state index in [0.717, 1.165) is 11.8 Å². The first kappa shape index (κ1) is 11.8. The summed E-state index contributed by atoms with van der Waals surface area (Å²) in [5, 5.41) is 19.0. The summed E-state index contributed by atoms with van der Waals surface area (Å²) >= 11 is 0. The lowest BCUT2D eigenvalue weighted by Gasteiger charge is -2.17. The van der Waals surface area contributed by atoms with Crippen molar-refractivity contribution < 1.29 is 15.0 Å². The smallest absolute Gasteiger partial charge is 0.150 e. The van der Waals surface area contributed by atoms with Gasteiger partial charge >= 0.3 is 0 Å². The summed E-state index contributed by atoms with van der Waals surface area (Å²) < 4.78 is 0. The van der Waals surface area contributed by atoms with Crippen LogP contribution in [-0.2, 0) is 0 Å². The third-order valence-electron chi connectivity index (χ3n) is 2.37. The highest BCUT2D eigenvalue weighted by atomic mass is 16.3. The molecule has 4 nitrogen and oxygen atoms in total. The number of aliphatic hydroxyl groups is 2. The van der Waals surface area contributed by atoms with Crippen molar-refractivity contribution in [2.24, 2.45) is 5.73 Å². The molecule has 4 N–H and O–H groups in total. The monoisotopic (exact) mass is 209 g/mol. The Morgan fingerprint density at radius 2 is 2.13 bits per heavy atom. The average Bonchev–Trinajstić information content (AvgIpc) is 2.26. The summed E-state index contributed by atoms with van der Waals surface area (Å²) in [4.78, 5) is 10.6. The Labute approximate surface area is 88.3 Å². The molecule has 0 bridgehead atoms. The molecule has 0 heterocycles. The molecule has 0 spiro atoms. The molecule has 1 aromatic rings. The summed E-state index contributed by atoms with van der Waals surface area (Å²) in [6, 6.07) is 4.90. The Hall–Kier alpha value is -1.23. The fourth-order valence-corrected chi connectivity index (χ4v) is 1.37. The fourth-order valence-electron chi connectivity index (χ4n) is 1.37. The van der Waals surface area contributed by atoms with Crippen molar-refractivity contribution in [3.8, 4) is 0 Å². The number of carbonyl (C=O) groups excluding carboxylic acids is 1. The second-order valence-electron chi connectivity index (χ2n) is 3.48. The highest BCUT2D eigenvalue weighted by Crippen LogP contribution is 2.19. The van der Waals surface area contributed by atoms with Gasteiger partial charge in [0.2, 0.25) is 0 Å². The molecule has 0 saturated carbocycles. The van der Waals surface area contributed by atoms with Gasteiger partial charge < -0.3 is 15.9 Å². The van der Waals surface area contributed by atoms with Gasteiger partial charge in [-0.1, -0.05) is 18.2 Å². The standard InChI is InChI=1S/C11H15NO3/c1-7-4-8(2-3-9(7)6-13)11(15)10(14)5-12/h2-4,6,10-11,14-15H,5,12H2,1H3. The molecule has 82 valence electrons. The Kier molecular flexibility index (Phi) is 3.96. The van der Waals surface area contributed by atoms with Crippen molar-refractivity contribution >= 4 is 6.29 Å². The maximum absolute atomic E-state index is 10.6. The number of hydrogen-bond acceptors (Lipinski definition) is 4. The van der Waals surface area contributed by atoms with Crippen LogP contribution >= 0.6 is 0 Å². The van der Waals surface area contributed by atoms with E-state index in [4.69, 9.17) is 5.73 Å². The summed E-state index contributed by atoms with van der Waals surface area (Å²) in [7, 11) is 0. The lowest BCUT2D eigenvalue weighted by atomic mass is 9.99. The first-order valence-corrected chi connectivity index (χ1v) is 4.72. The van der Waals surface area contributed by atoms with Crippen LogP contribution in [0.3, 0.4) is 0 Å². The molecule has 0 saturated heterocycles. The van der Waals surface area contributed by atoms with E-state index < -0.39 is 12.2 Å². The Balaban J connectivity index is 2.96. The van der Waals surface area contributed by atoms with Gasteiger partial charge in [0.05, 0.1) is 6.10 Å². The predicted octanol–water partition coefficient (Wildman–Crippen LogP) is 0.161. The first-order chi connectivity index (χ1) is 7.10. The first-order valence-electron chi connectivity index (χ1n) is 4.72. The number of hydrogen-bond donors (Lipinski definition) is 3. The van der Waals surface area contributed by atoms with Gasteiger partial charge in [-0.2, -0.15) is 0 Å². The summed E-state index contributed by atoms with van der Waals surface area (Å²) in [5.74, 6) is 0. The Bertz CT molecular complexity index is 352. The lowest BCUT2D eigenvalue weighted by molar-refractivity contribution is 0.0243.